The zero-order valence-corrected chi connectivity index (χ0v) is 11.5. The summed E-state index contributed by atoms with van der Waals surface area (Å²) in [5, 5.41) is 7.58. The Morgan fingerprint density at radius 1 is 1.33 bits per heavy atom. The quantitative estimate of drug-likeness (QED) is 0.839. The molecule has 1 unspecified atom stereocenters. The first-order valence-corrected chi connectivity index (χ1v) is 7.14. The predicted octanol–water partition coefficient (Wildman–Crippen LogP) is 1.99. The fourth-order valence-electron chi connectivity index (χ4n) is 2.45. The van der Waals surface area contributed by atoms with Crippen LogP contribution in [-0.2, 0) is 6.42 Å². The maximum absolute atomic E-state index is 5.31. The molecule has 0 radical (unpaired) electrons. The highest BCUT2D eigenvalue weighted by atomic mass is 16.5. The van der Waals surface area contributed by atoms with Gasteiger partial charge in [0.25, 0.3) is 5.95 Å². The lowest BCUT2D eigenvalue weighted by Crippen LogP contribution is -2.34. The monoisotopic (exact) mass is 252 g/mol. The molecular weight excluding hydrogens is 228 g/mol. The number of hydrogen-bond acceptors (Lipinski definition) is 5. The lowest BCUT2D eigenvalue weighted by atomic mass is 10.0. The Morgan fingerprint density at radius 3 is 2.83 bits per heavy atom. The van der Waals surface area contributed by atoms with E-state index >= 15 is 0 Å². The molecule has 2 heterocycles. The molecule has 0 saturated carbocycles. The molecule has 0 bridgehead atoms. The molecule has 5 nitrogen and oxygen atoms in total. The van der Waals surface area contributed by atoms with Crippen LogP contribution in [0.3, 0.4) is 0 Å². The Labute approximate surface area is 109 Å². The van der Waals surface area contributed by atoms with Crippen LogP contribution >= 0.6 is 0 Å². The minimum atomic E-state index is 0.627. The lowest BCUT2D eigenvalue weighted by molar-refractivity contribution is 0.342. The van der Waals surface area contributed by atoms with Crippen molar-refractivity contribution in [2.75, 3.05) is 24.5 Å². The van der Waals surface area contributed by atoms with Crippen molar-refractivity contribution < 1.29 is 4.52 Å². The molecule has 102 valence electrons. The van der Waals surface area contributed by atoms with E-state index in [9.17, 15) is 0 Å². The molecule has 1 aliphatic rings. The van der Waals surface area contributed by atoms with Gasteiger partial charge in [-0.05, 0) is 44.8 Å². The van der Waals surface area contributed by atoms with E-state index in [2.05, 4.69) is 34.2 Å². The third-order valence-corrected chi connectivity index (χ3v) is 3.62. The molecule has 0 amide bonds. The Kier molecular flexibility index (Phi) is 4.99. The van der Waals surface area contributed by atoms with Crippen LogP contribution in [0, 0.1) is 0 Å². The summed E-state index contributed by atoms with van der Waals surface area (Å²) in [4.78, 5) is 6.56. The summed E-state index contributed by atoms with van der Waals surface area (Å²) >= 11 is 0. The molecule has 1 aromatic heterocycles. The highest BCUT2D eigenvalue weighted by molar-refractivity contribution is 5.26. The van der Waals surface area contributed by atoms with E-state index in [4.69, 9.17) is 4.52 Å². The standard InChI is InChI=1S/C13H24N4O/c1-3-17(4-2)13-15-12(18-16-13)9-8-11-7-5-6-10-14-11/h11,14H,3-10H2,1-2H3. The van der Waals surface area contributed by atoms with Gasteiger partial charge in [0.1, 0.15) is 0 Å². The average Bonchev–Trinajstić information content (AvgIpc) is 2.88. The second-order valence-electron chi connectivity index (χ2n) is 4.85. The van der Waals surface area contributed by atoms with Crippen LogP contribution in [0.1, 0.15) is 45.4 Å². The average molecular weight is 252 g/mol. The van der Waals surface area contributed by atoms with Gasteiger partial charge in [-0.25, -0.2) is 0 Å². The van der Waals surface area contributed by atoms with E-state index < -0.39 is 0 Å². The minimum Gasteiger partial charge on any atom is -0.339 e. The summed E-state index contributed by atoms with van der Waals surface area (Å²) in [6, 6.07) is 0.627. The molecule has 1 atom stereocenters. The summed E-state index contributed by atoms with van der Waals surface area (Å²) in [6.45, 7) is 7.19. The molecule has 1 N–H and O–H groups in total. The second kappa shape index (κ2) is 6.73. The molecule has 1 aromatic rings. The van der Waals surface area contributed by atoms with Gasteiger partial charge in [-0.2, -0.15) is 4.98 Å². The van der Waals surface area contributed by atoms with Crippen molar-refractivity contribution in [1.29, 1.82) is 0 Å². The van der Waals surface area contributed by atoms with Crippen molar-refractivity contribution in [1.82, 2.24) is 15.5 Å². The minimum absolute atomic E-state index is 0.627. The smallest absolute Gasteiger partial charge is 0.266 e. The lowest BCUT2D eigenvalue weighted by Gasteiger charge is -2.22. The number of aromatic nitrogens is 2. The Bertz CT molecular complexity index is 343. The Morgan fingerprint density at radius 2 is 2.17 bits per heavy atom. The van der Waals surface area contributed by atoms with Crippen molar-refractivity contribution in [3.8, 4) is 0 Å². The first-order valence-electron chi connectivity index (χ1n) is 7.14. The number of piperidine rings is 1. The molecule has 0 spiro atoms. The fraction of sp³-hybridized carbons (Fsp3) is 0.846. The number of nitrogens with zero attached hydrogens (tertiary/aromatic N) is 3. The second-order valence-corrected chi connectivity index (χ2v) is 4.85. The first-order chi connectivity index (χ1) is 8.83. The van der Waals surface area contributed by atoms with Crippen LogP contribution in [0.2, 0.25) is 0 Å². The van der Waals surface area contributed by atoms with Crippen LogP contribution in [0.15, 0.2) is 4.52 Å². The van der Waals surface area contributed by atoms with Crippen LogP contribution in [0.25, 0.3) is 0 Å². The Hall–Kier alpha value is -1.10. The third-order valence-electron chi connectivity index (χ3n) is 3.62. The van der Waals surface area contributed by atoms with Crippen LogP contribution in [0.4, 0.5) is 5.95 Å². The molecule has 1 aliphatic heterocycles. The largest absolute Gasteiger partial charge is 0.339 e. The molecule has 18 heavy (non-hydrogen) atoms. The molecule has 2 rings (SSSR count). The maximum atomic E-state index is 5.31. The summed E-state index contributed by atoms with van der Waals surface area (Å²) in [6.07, 6.45) is 5.90. The van der Waals surface area contributed by atoms with Crippen molar-refractivity contribution in [2.24, 2.45) is 0 Å². The number of anilines is 1. The van der Waals surface area contributed by atoms with Crippen molar-refractivity contribution in [3.63, 3.8) is 0 Å². The summed E-state index contributed by atoms with van der Waals surface area (Å²) < 4.78 is 5.31. The zero-order valence-electron chi connectivity index (χ0n) is 11.5. The molecule has 5 heteroatoms. The van der Waals surface area contributed by atoms with Gasteiger partial charge >= 0.3 is 0 Å². The van der Waals surface area contributed by atoms with Gasteiger partial charge in [-0.1, -0.05) is 6.42 Å². The van der Waals surface area contributed by atoms with Crippen molar-refractivity contribution in [3.05, 3.63) is 5.89 Å². The Balaban J connectivity index is 1.82. The van der Waals surface area contributed by atoms with E-state index in [-0.39, 0.29) is 0 Å². The van der Waals surface area contributed by atoms with Gasteiger partial charge in [0, 0.05) is 25.6 Å². The van der Waals surface area contributed by atoms with Gasteiger partial charge < -0.3 is 14.7 Å². The first kappa shape index (κ1) is 13.3. The molecule has 1 fully saturated rings. The number of hydrogen-bond donors (Lipinski definition) is 1. The zero-order chi connectivity index (χ0) is 12.8. The van der Waals surface area contributed by atoms with E-state index in [1.807, 2.05) is 0 Å². The van der Waals surface area contributed by atoms with Crippen LogP contribution < -0.4 is 10.2 Å². The fourth-order valence-corrected chi connectivity index (χ4v) is 2.45. The molecular formula is C13H24N4O. The van der Waals surface area contributed by atoms with Gasteiger partial charge in [0.2, 0.25) is 5.89 Å². The third kappa shape index (κ3) is 3.45. The predicted molar refractivity (Wildman–Crippen MR) is 71.8 cm³/mol. The van der Waals surface area contributed by atoms with E-state index in [1.54, 1.807) is 0 Å². The van der Waals surface area contributed by atoms with Crippen LogP contribution in [-0.4, -0.2) is 35.8 Å². The molecule has 0 aliphatic carbocycles. The van der Waals surface area contributed by atoms with Crippen LogP contribution in [0.5, 0.6) is 0 Å². The molecule has 0 aromatic carbocycles. The summed E-state index contributed by atoms with van der Waals surface area (Å²) in [7, 11) is 0. The number of aryl methyl sites for hydroxylation is 1. The van der Waals surface area contributed by atoms with Crippen molar-refractivity contribution >= 4 is 5.95 Å². The highest BCUT2D eigenvalue weighted by Crippen LogP contribution is 2.14. The number of nitrogens with one attached hydrogen (secondary N) is 1. The topological polar surface area (TPSA) is 54.2 Å². The van der Waals surface area contributed by atoms with Gasteiger partial charge in [-0.15, -0.1) is 0 Å². The normalized spacial score (nSPS) is 20.0. The highest BCUT2D eigenvalue weighted by Gasteiger charge is 2.15. The summed E-state index contributed by atoms with van der Waals surface area (Å²) in [5.41, 5.74) is 0. The number of rotatable bonds is 6. The maximum Gasteiger partial charge on any atom is 0.266 e. The summed E-state index contributed by atoms with van der Waals surface area (Å²) in [5.74, 6) is 1.50. The molecule has 1 saturated heterocycles. The van der Waals surface area contributed by atoms with Crippen molar-refractivity contribution in [2.45, 2.75) is 52.0 Å². The van der Waals surface area contributed by atoms with Gasteiger partial charge in [-0.3, -0.25) is 0 Å². The van der Waals surface area contributed by atoms with E-state index in [1.165, 1.54) is 19.3 Å². The van der Waals surface area contributed by atoms with E-state index in [0.29, 0.717) is 6.04 Å². The van der Waals surface area contributed by atoms with Gasteiger partial charge in [0.15, 0.2) is 0 Å². The van der Waals surface area contributed by atoms with E-state index in [0.717, 1.165) is 44.3 Å². The SMILES string of the molecule is CCN(CC)c1noc(CCC2CCCCN2)n1. The van der Waals surface area contributed by atoms with Gasteiger partial charge in [0.05, 0.1) is 0 Å².